The molecule has 0 atom stereocenters. The van der Waals surface area contributed by atoms with Crippen molar-refractivity contribution in [2.24, 2.45) is 0 Å². The van der Waals surface area contributed by atoms with Gasteiger partial charge in [-0.2, -0.15) is 13.8 Å². The van der Waals surface area contributed by atoms with Gasteiger partial charge in [-0.3, -0.25) is 14.1 Å². The molecular formula is C26H31F3N6O3. The lowest BCUT2D eigenvalue weighted by atomic mass is 9.97. The molecule has 3 aromatic rings. The van der Waals surface area contributed by atoms with E-state index >= 15 is 0 Å². The van der Waals surface area contributed by atoms with E-state index in [1.54, 1.807) is 12.1 Å². The van der Waals surface area contributed by atoms with Crippen molar-refractivity contribution in [3.8, 4) is 17.1 Å². The Morgan fingerprint density at radius 3 is 2.53 bits per heavy atom. The van der Waals surface area contributed by atoms with Crippen LogP contribution in [0.15, 0.2) is 47.4 Å². The fraction of sp³-hybridized carbons (Fsp3) is 0.462. The Bertz CT molecular complexity index is 1210. The summed E-state index contributed by atoms with van der Waals surface area (Å²) in [5.74, 6) is 1.17. The Kier molecular flexibility index (Phi) is 9.91. The van der Waals surface area contributed by atoms with Crippen LogP contribution in [0.1, 0.15) is 58.2 Å². The molecule has 0 aliphatic carbocycles. The van der Waals surface area contributed by atoms with E-state index in [4.69, 9.17) is 4.52 Å². The van der Waals surface area contributed by atoms with Crippen LogP contribution in [0.25, 0.3) is 11.4 Å². The van der Waals surface area contributed by atoms with E-state index in [1.165, 1.54) is 11.1 Å². The number of rotatable bonds is 13. The molecule has 0 fully saturated rings. The summed E-state index contributed by atoms with van der Waals surface area (Å²) in [5, 5.41) is 4.03. The van der Waals surface area contributed by atoms with Crippen LogP contribution in [-0.2, 0) is 16.6 Å². The van der Waals surface area contributed by atoms with Crippen LogP contribution in [0.3, 0.4) is 0 Å². The normalized spacial score (nSPS) is 11.6. The Balaban J connectivity index is 1.68. The highest BCUT2D eigenvalue weighted by Crippen LogP contribution is 2.24. The number of unbranched alkanes of at least 4 members (excludes halogenated alkanes) is 2. The topological polar surface area (TPSA) is 107 Å². The van der Waals surface area contributed by atoms with E-state index in [-0.39, 0.29) is 29.0 Å². The standard InChI is InChI=1S/C26H31F3N6O3/c1-17(9-11-27)23(36)35(13-7-5-6-8-20-33-24(38-34-20)26(2,3)4)21-14-18(10-12-30-21)22-31-15-19(16-32-22)37-25(28)29/h10,12,14-16,25H,1,5-9,11,13H2,2-4H3. The Morgan fingerprint density at radius 1 is 1.16 bits per heavy atom. The average molecular weight is 533 g/mol. The monoisotopic (exact) mass is 532 g/mol. The minimum atomic E-state index is -2.98. The molecule has 1 amide bonds. The Morgan fingerprint density at radius 2 is 1.89 bits per heavy atom. The van der Waals surface area contributed by atoms with Gasteiger partial charge in [0.15, 0.2) is 17.4 Å². The van der Waals surface area contributed by atoms with Crippen LogP contribution >= 0.6 is 0 Å². The highest BCUT2D eigenvalue weighted by Gasteiger charge is 2.22. The molecule has 0 aliphatic rings. The molecule has 0 aromatic carbocycles. The van der Waals surface area contributed by atoms with E-state index in [0.29, 0.717) is 42.5 Å². The summed E-state index contributed by atoms with van der Waals surface area (Å²) in [6, 6.07) is 3.24. The lowest BCUT2D eigenvalue weighted by Gasteiger charge is -2.23. The summed E-state index contributed by atoms with van der Waals surface area (Å²) in [6.45, 7) is 6.36. The van der Waals surface area contributed by atoms with Crippen LogP contribution < -0.4 is 9.64 Å². The number of aromatic nitrogens is 5. The summed E-state index contributed by atoms with van der Waals surface area (Å²) >= 11 is 0. The van der Waals surface area contributed by atoms with E-state index in [9.17, 15) is 18.0 Å². The zero-order valence-corrected chi connectivity index (χ0v) is 21.7. The predicted molar refractivity (Wildman–Crippen MR) is 135 cm³/mol. The summed E-state index contributed by atoms with van der Waals surface area (Å²) in [6.07, 6.45) is 6.50. The number of carbonyl (C=O) groups excluding carboxylic acids is 1. The molecule has 3 aromatic heterocycles. The lowest BCUT2D eigenvalue weighted by molar-refractivity contribution is -0.115. The third kappa shape index (κ3) is 8.09. The van der Waals surface area contributed by atoms with Crippen LogP contribution in [0.2, 0.25) is 0 Å². The zero-order valence-electron chi connectivity index (χ0n) is 21.7. The molecule has 38 heavy (non-hydrogen) atoms. The Labute approximate surface area is 219 Å². The van der Waals surface area contributed by atoms with Gasteiger partial charge in [-0.15, -0.1) is 0 Å². The number of carbonyl (C=O) groups is 1. The molecule has 0 bridgehead atoms. The van der Waals surface area contributed by atoms with Crippen molar-refractivity contribution in [3.05, 3.63) is 54.6 Å². The van der Waals surface area contributed by atoms with Gasteiger partial charge >= 0.3 is 6.61 Å². The number of pyridine rings is 1. The fourth-order valence-corrected chi connectivity index (χ4v) is 3.46. The molecular weight excluding hydrogens is 501 g/mol. The fourth-order valence-electron chi connectivity index (χ4n) is 3.46. The predicted octanol–water partition coefficient (Wildman–Crippen LogP) is 5.48. The maximum atomic E-state index is 13.1. The quantitative estimate of drug-likeness (QED) is 0.210. The summed E-state index contributed by atoms with van der Waals surface area (Å²) < 4.78 is 47.3. The summed E-state index contributed by atoms with van der Waals surface area (Å²) in [7, 11) is 0. The summed E-state index contributed by atoms with van der Waals surface area (Å²) in [5.41, 5.74) is 0.424. The molecule has 9 nitrogen and oxygen atoms in total. The minimum Gasteiger partial charge on any atom is -0.432 e. The third-order valence-electron chi connectivity index (χ3n) is 5.47. The maximum absolute atomic E-state index is 13.1. The van der Waals surface area contributed by atoms with E-state index in [1.807, 2.05) is 20.8 Å². The highest BCUT2D eigenvalue weighted by atomic mass is 19.3. The van der Waals surface area contributed by atoms with Crippen molar-refractivity contribution in [1.29, 1.82) is 0 Å². The molecule has 0 N–H and O–H groups in total. The van der Waals surface area contributed by atoms with Crippen molar-refractivity contribution < 1.29 is 27.2 Å². The third-order valence-corrected chi connectivity index (χ3v) is 5.47. The first kappa shape index (κ1) is 28.7. The van der Waals surface area contributed by atoms with E-state index in [2.05, 4.69) is 36.4 Å². The molecule has 3 heterocycles. The second kappa shape index (κ2) is 13.1. The van der Waals surface area contributed by atoms with Gasteiger partial charge in [0.2, 0.25) is 5.89 Å². The van der Waals surface area contributed by atoms with Gasteiger partial charge in [-0.1, -0.05) is 38.9 Å². The van der Waals surface area contributed by atoms with E-state index in [0.717, 1.165) is 25.2 Å². The second-order valence-electron chi connectivity index (χ2n) is 9.60. The number of halogens is 3. The van der Waals surface area contributed by atoms with Gasteiger partial charge in [-0.25, -0.2) is 15.0 Å². The van der Waals surface area contributed by atoms with Gasteiger partial charge in [0.1, 0.15) is 5.82 Å². The molecule has 0 spiro atoms. The zero-order chi connectivity index (χ0) is 27.7. The van der Waals surface area contributed by atoms with Gasteiger partial charge in [0.25, 0.3) is 5.91 Å². The molecule has 0 unspecified atom stereocenters. The van der Waals surface area contributed by atoms with Crippen LogP contribution in [0, 0.1) is 0 Å². The number of hydrogen-bond acceptors (Lipinski definition) is 8. The number of nitrogens with zero attached hydrogens (tertiary/aromatic N) is 6. The van der Waals surface area contributed by atoms with Crippen molar-refractivity contribution in [2.45, 2.75) is 64.9 Å². The first-order chi connectivity index (χ1) is 18.1. The smallest absolute Gasteiger partial charge is 0.387 e. The van der Waals surface area contributed by atoms with Gasteiger partial charge in [0.05, 0.1) is 19.1 Å². The van der Waals surface area contributed by atoms with Gasteiger partial charge in [0, 0.05) is 42.1 Å². The molecule has 12 heteroatoms. The maximum Gasteiger partial charge on any atom is 0.387 e. The number of amides is 1. The minimum absolute atomic E-state index is 0.0856. The van der Waals surface area contributed by atoms with E-state index < -0.39 is 19.2 Å². The first-order valence-corrected chi connectivity index (χ1v) is 12.2. The second-order valence-corrected chi connectivity index (χ2v) is 9.60. The van der Waals surface area contributed by atoms with Crippen molar-refractivity contribution in [1.82, 2.24) is 25.1 Å². The SMILES string of the molecule is C=C(CCF)C(=O)N(CCCCCc1noc(C(C)(C)C)n1)c1cc(-c2ncc(OC(F)F)cn2)ccn1. The highest BCUT2D eigenvalue weighted by molar-refractivity contribution is 6.04. The number of aryl methyl sites for hydroxylation is 1. The number of alkyl halides is 3. The van der Waals surface area contributed by atoms with Crippen molar-refractivity contribution in [3.63, 3.8) is 0 Å². The number of ether oxygens (including phenoxy) is 1. The molecule has 204 valence electrons. The Hall–Kier alpha value is -3.83. The molecule has 3 rings (SSSR count). The summed E-state index contributed by atoms with van der Waals surface area (Å²) in [4.78, 5) is 31.4. The van der Waals surface area contributed by atoms with Crippen molar-refractivity contribution in [2.75, 3.05) is 18.1 Å². The molecule has 0 saturated carbocycles. The van der Waals surface area contributed by atoms with Gasteiger partial charge < -0.3 is 9.26 Å². The molecule has 0 saturated heterocycles. The first-order valence-electron chi connectivity index (χ1n) is 12.2. The van der Waals surface area contributed by atoms with Crippen LogP contribution in [0.4, 0.5) is 19.0 Å². The van der Waals surface area contributed by atoms with Gasteiger partial charge in [-0.05, 0) is 25.0 Å². The largest absolute Gasteiger partial charge is 0.432 e. The van der Waals surface area contributed by atoms with Crippen molar-refractivity contribution >= 4 is 11.7 Å². The number of hydrogen-bond donors (Lipinski definition) is 0. The molecule has 0 radical (unpaired) electrons. The molecule has 0 aliphatic heterocycles. The lowest BCUT2D eigenvalue weighted by Crippen LogP contribution is -2.33. The van der Waals surface area contributed by atoms with Crippen LogP contribution in [-0.4, -0.2) is 50.8 Å². The number of anilines is 1. The van der Waals surface area contributed by atoms with Crippen LogP contribution in [0.5, 0.6) is 5.75 Å². The average Bonchev–Trinajstić information content (AvgIpc) is 3.36.